The summed E-state index contributed by atoms with van der Waals surface area (Å²) in [6.07, 6.45) is 6.13. The molecule has 1 aliphatic carbocycles. The van der Waals surface area contributed by atoms with E-state index in [0.717, 1.165) is 25.6 Å². The summed E-state index contributed by atoms with van der Waals surface area (Å²) in [5.41, 5.74) is 0.231. The molecular formula is C15H20FN3O2. The summed E-state index contributed by atoms with van der Waals surface area (Å²) in [6, 6.07) is 4.59. The molecule has 1 aliphatic heterocycles. The van der Waals surface area contributed by atoms with Gasteiger partial charge in [0.1, 0.15) is 11.5 Å². The summed E-state index contributed by atoms with van der Waals surface area (Å²) in [5.74, 6) is -0.578. The highest BCUT2D eigenvalue weighted by molar-refractivity contribution is 5.62. The maximum absolute atomic E-state index is 13.1. The van der Waals surface area contributed by atoms with Crippen LogP contribution in [0.25, 0.3) is 0 Å². The molecular weight excluding hydrogens is 273 g/mol. The van der Waals surface area contributed by atoms with Gasteiger partial charge in [0, 0.05) is 25.2 Å². The van der Waals surface area contributed by atoms with Gasteiger partial charge in [-0.1, -0.05) is 12.8 Å². The molecule has 6 heteroatoms. The van der Waals surface area contributed by atoms with Crippen LogP contribution in [-0.4, -0.2) is 35.0 Å². The molecule has 1 unspecified atom stereocenters. The van der Waals surface area contributed by atoms with Gasteiger partial charge >= 0.3 is 0 Å². The standard InChI is InChI=1S/C15H20FN3O2/c16-11-5-6-14(15(9-11)19(20)21)17-12-7-8-18(10-12)13-3-1-2-4-13/h5-6,9,12-13,17H,1-4,7-8,10H2. The average Bonchev–Trinajstić information content (AvgIpc) is 3.11. The van der Waals surface area contributed by atoms with Crippen LogP contribution >= 0.6 is 0 Å². The Balaban J connectivity index is 1.66. The van der Waals surface area contributed by atoms with Crippen LogP contribution < -0.4 is 5.32 Å². The van der Waals surface area contributed by atoms with Crippen molar-refractivity contribution in [1.82, 2.24) is 4.90 Å². The Morgan fingerprint density at radius 2 is 2.05 bits per heavy atom. The van der Waals surface area contributed by atoms with Crippen molar-refractivity contribution in [2.45, 2.75) is 44.2 Å². The first-order valence-corrected chi connectivity index (χ1v) is 7.58. The van der Waals surface area contributed by atoms with Gasteiger partial charge in [0.05, 0.1) is 11.0 Å². The smallest absolute Gasteiger partial charge is 0.295 e. The van der Waals surface area contributed by atoms with E-state index in [-0.39, 0.29) is 11.7 Å². The summed E-state index contributed by atoms with van der Waals surface area (Å²) in [5, 5.41) is 14.2. The predicted molar refractivity (Wildman–Crippen MR) is 78.9 cm³/mol. The van der Waals surface area contributed by atoms with Gasteiger partial charge < -0.3 is 5.32 Å². The van der Waals surface area contributed by atoms with Crippen molar-refractivity contribution < 1.29 is 9.31 Å². The van der Waals surface area contributed by atoms with Crippen molar-refractivity contribution in [2.24, 2.45) is 0 Å². The average molecular weight is 293 g/mol. The Hall–Kier alpha value is -1.69. The molecule has 1 atom stereocenters. The number of halogens is 1. The molecule has 1 heterocycles. The lowest BCUT2D eigenvalue weighted by molar-refractivity contribution is -0.384. The third kappa shape index (κ3) is 3.15. The molecule has 0 amide bonds. The SMILES string of the molecule is O=[N+]([O-])c1cc(F)ccc1NC1CCN(C2CCCC2)C1. The Morgan fingerprint density at radius 1 is 1.29 bits per heavy atom. The predicted octanol–water partition coefficient (Wildman–Crippen LogP) is 3.16. The Morgan fingerprint density at radius 3 is 2.76 bits per heavy atom. The second kappa shape index (κ2) is 5.97. The van der Waals surface area contributed by atoms with Gasteiger partial charge in [0.15, 0.2) is 0 Å². The zero-order valence-electron chi connectivity index (χ0n) is 11.9. The van der Waals surface area contributed by atoms with E-state index in [0.29, 0.717) is 11.7 Å². The molecule has 0 bridgehead atoms. The number of nitrogens with one attached hydrogen (secondary N) is 1. The third-order valence-corrected chi connectivity index (χ3v) is 4.58. The maximum Gasteiger partial charge on any atom is 0.295 e. The van der Waals surface area contributed by atoms with Crippen molar-refractivity contribution >= 4 is 11.4 Å². The summed E-state index contributed by atoms with van der Waals surface area (Å²) < 4.78 is 13.1. The van der Waals surface area contributed by atoms with Crippen LogP contribution in [0.5, 0.6) is 0 Å². The molecule has 114 valence electrons. The highest BCUT2D eigenvalue weighted by Gasteiger charge is 2.30. The van der Waals surface area contributed by atoms with Gasteiger partial charge in [-0.3, -0.25) is 15.0 Å². The number of nitro groups is 1. The Kier molecular flexibility index (Phi) is 4.05. The molecule has 1 aromatic carbocycles. The summed E-state index contributed by atoms with van der Waals surface area (Å²) in [4.78, 5) is 13.0. The number of rotatable bonds is 4. The van der Waals surface area contributed by atoms with Crippen LogP contribution in [0.4, 0.5) is 15.8 Å². The van der Waals surface area contributed by atoms with Crippen LogP contribution in [0.1, 0.15) is 32.1 Å². The summed E-state index contributed by atoms with van der Waals surface area (Å²) >= 11 is 0. The molecule has 1 saturated carbocycles. The Bertz CT molecular complexity index is 532. The van der Waals surface area contributed by atoms with Gasteiger partial charge in [-0.05, 0) is 31.4 Å². The van der Waals surface area contributed by atoms with Crippen molar-refractivity contribution in [2.75, 3.05) is 18.4 Å². The maximum atomic E-state index is 13.1. The zero-order chi connectivity index (χ0) is 14.8. The lowest BCUT2D eigenvalue weighted by atomic mass is 10.2. The minimum Gasteiger partial charge on any atom is -0.375 e. The number of anilines is 1. The van der Waals surface area contributed by atoms with E-state index >= 15 is 0 Å². The van der Waals surface area contributed by atoms with E-state index in [2.05, 4.69) is 10.2 Å². The highest BCUT2D eigenvalue weighted by Crippen LogP contribution is 2.30. The van der Waals surface area contributed by atoms with Crippen LogP contribution in [-0.2, 0) is 0 Å². The molecule has 1 aromatic rings. The van der Waals surface area contributed by atoms with E-state index in [1.54, 1.807) is 0 Å². The molecule has 0 aromatic heterocycles. The minimum atomic E-state index is -0.578. The summed E-state index contributed by atoms with van der Waals surface area (Å²) in [6.45, 7) is 1.95. The quantitative estimate of drug-likeness (QED) is 0.684. The fourth-order valence-corrected chi connectivity index (χ4v) is 3.50. The normalized spacial score (nSPS) is 23.6. The highest BCUT2D eigenvalue weighted by atomic mass is 19.1. The number of hydrogen-bond acceptors (Lipinski definition) is 4. The first kappa shape index (κ1) is 14.3. The van der Waals surface area contributed by atoms with Crippen LogP contribution in [0, 0.1) is 15.9 Å². The second-order valence-electron chi connectivity index (χ2n) is 5.98. The largest absolute Gasteiger partial charge is 0.375 e. The van der Waals surface area contributed by atoms with Crippen molar-refractivity contribution in [1.29, 1.82) is 0 Å². The van der Waals surface area contributed by atoms with Gasteiger partial charge in [-0.2, -0.15) is 0 Å². The molecule has 3 rings (SSSR count). The van der Waals surface area contributed by atoms with Crippen LogP contribution in [0.15, 0.2) is 18.2 Å². The fourth-order valence-electron chi connectivity index (χ4n) is 3.50. The monoisotopic (exact) mass is 293 g/mol. The van der Waals surface area contributed by atoms with Crippen molar-refractivity contribution in [3.63, 3.8) is 0 Å². The molecule has 0 spiro atoms. The van der Waals surface area contributed by atoms with Gasteiger partial charge in [-0.25, -0.2) is 4.39 Å². The minimum absolute atomic E-state index is 0.186. The van der Waals surface area contributed by atoms with E-state index in [1.807, 2.05) is 0 Å². The van der Waals surface area contributed by atoms with Gasteiger partial charge in [0.2, 0.25) is 0 Å². The number of likely N-dealkylation sites (tertiary alicyclic amines) is 1. The van der Waals surface area contributed by atoms with Crippen molar-refractivity contribution in [3.05, 3.63) is 34.1 Å². The Labute approximate surface area is 123 Å². The molecule has 0 radical (unpaired) electrons. The molecule has 1 saturated heterocycles. The summed E-state index contributed by atoms with van der Waals surface area (Å²) in [7, 11) is 0. The first-order chi connectivity index (χ1) is 10.1. The van der Waals surface area contributed by atoms with E-state index in [4.69, 9.17) is 0 Å². The third-order valence-electron chi connectivity index (χ3n) is 4.58. The molecule has 5 nitrogen and oxygen atoms in total. The van der Waals surface area contributed by atoms with E-state index in [1.165, 1.54) is 37.8 Å². The van der Waals surface area contributed by atoms with Gasteiger partial charge in [-0.15, -0.1) is 0 Å². The number of hydrogen-bond donors (Lipinski definition) is 1. The lowest BCUT2D eigenvalue weighted by Crippen LogP contribution is -2.33. The fraction of sp³-hybridized carbons (Fsp3) is 0.600. The topological polar surface area (TPSA) is 58.4 Å². The van der Waals surface area contributed by atoms with Crippen LogP contribution in [0.3, 0.4) is 0 Å². The van der Waals surface area contributed by atoms with E-state index in [9.17, 15) is 14.5 Å². The van der Waals surface area contributed by atoms with Crippen LogP contribution in [0.2, 0.25) is 0 Å². The molecule has 21 heavy (non-hydrogen) atoms. The molecule has 2 fully saturated rings. The lowest BCUT2D eigenvalue weighted by Gasteiger charge is -2.23. The van der Waals surface area contributed by atoms with E-state index < -0.39 is 10.7 Å². The number of nitrogens with zero attached hydrogens (tertiary/aromatic N) is 2. The zero-order valence-corrected chi connectivity index (χ0v) is 11.9. The number of benzene rings is 1. The second-order valence-corrected chi connectivity index (χ2v) is 5.98. The number of nitro benzene ring substituents is 1. The van der Waals surface area contributed by atoms with Crippen molar-refractivity contribution in [3.8, 4) is 0 Å². The van der Waals surface area contributed by atoms with Gasteiger partial charge in [0.25, 0.3) is 5.69 Å². The molecule has 1 N–H and O–H groups in total. The molecule has 2 aliphatic rings. The first-order valence-electron chi connectivity index (χ1n) is 7.58.